The van der Waals surface area contributed by atoms with Crippen molar-refractivity contribution in [1.82, 2.24) is 16.0 Å². The van der Waals surface area contributed by atoms with E-state index in [0.29, 0.717) is 12.1 Å². The highest BCUT2D eigenvalue weighted by molar-refractivity contribution is 7.80. The fourth-order valence-corrected chi connectivity index (χ4v) is 1.58. The second-order valence-electron chi connectivity index (χ2n) is 3.01. The van der Waals surface area contributed by atoms with Crippen molar-refractivity contribution in [3.63, 3.8) is 0 Å². The fraction of sp³-hybridized carbons (Fsp3) is 1.00. The van der Waals surface area contributed by atoms with Crippen LogP contribution in [0.3, 0.4) is 0 Å². The lowest BCUT2D eigenvalue weighted by molar-refractivity contribution is 0.479. The Labute approximate surface area is 92.3 Å². The molecule has 0 unspecified atom stereocenters. The Bertz CT molecular complexity index is 110. The van der Waals surface area contributed by atoms with Crippen molar-refractivity contribution < 1.29 is 0 Å². The van der Waals surface area contributed by atoms with Gasteiger partial charge in [0.05, 0.1) is 0 Å². The molecule has 0 aliphatic rings. The smallest absolute Gasteiger partial charge is 0.0281 e. The van der Waals surface area contributed by atoms with Crippen LogP contribution in [-0.4, -0.2) is 50.8 Å². The van der Waals surface area contributed by atoms with Crippen molar-refractivity contribution >= 4 is 25.3 Å². The molecule has 0 saturated heterocycles. The summed E-state index contributed by atoms with van der Waals surface area (Å²) in [6, 6.07) is 0.867. The summed E-state index contributed by atoms with van der Waals surface area (Å²) in [6.07, 6.45) is 0. The number of hydrogen-bond acceptors (Lipinski definition) is 5. The Hall–Kier alpha value is 0.580. The molecule has 0 rings (SSSR count). The lowest BCUT2D eigenvalue weighted by Crippen LogP contribution is -2.46. The van der Waals surface area contributed by atoms with Gasteiger partial charge in [0, 0.05) is 36.7 Å². The fourth-order valence-electron chi connectivity index (χ4n) is 1.01. The molecule has 0 aliphatic heterocycles. The van der Waals surface area contributed by atoms with E-state index in [9.17, 15) is 0 Å². The molecule has 0 bridgehead atoms. The minimum Gasteiger partial charge on any atom is -0.318 e. The van der Waals surface area contributed by atoms with E-state index in [0.717, 1.165) is 24.6 Å². The van der Waals surface area contributed by atoms with Crippen LogP contribution in [0.2, 0.25) is 0 Å². The molecular weight excluding hydrogens is 202 g/mol. The first-order valence-electron chi connectivity index (χ1n) is 4.55. The van der Waals surface area contributed by atoms with E-state index in [2.05, 4.69) is 41.2 Å². The maximum atomic E-state index is 4.27. The van der Waals surface area contributed by atoms with Crippen molar-refractivity contribution in [1.29, 1.82) is 0 Å². The molecule has 0 spiro atoms. The molecule has 3 nitrogen and oxygen atoms in total. The summed E-state index contributed by atoms with van der Waals surface area (Å²) in [7, 11) is 3.91. The number of nitrogens with one attached hydrogen (secondary N) is 3. The Morgan fingerprint density at radius 2 is 1.62 bits per heavy atom. The quantitative estimate of drug-likeness (QED) is 0.364. The maximum Gasteiger partial charge on any atom is 0.0281 e. The van der Waals surface area contributed by atoms with Crippen LogP contribution in [0.25, 0.3) is 0 Å². The molecular formula is C8H21N3S2. The van der Waals surface area contributed by atoms with Crippen LogP contribution in [0.15, 0.2) is 0 Å². The molecule has 2 atom stereocenters. The summed E-state index contributed by atoms with van der Waals surface area (Å²) in [5, 5.41) is 9.74. The number of rotatable bonds is 8. The number of likely N-dealkylation sites (N-methyl/N-ethyl adjacent to an activating group) is 2. The van der Waals surface area contributed by atoms with Crippen LogP contribution in [0.5, 0.6) is 0 Å². The van der Waals surface area contributed by atoms with E-state index in [1.54, 1.807) is 0 Å². The molecule has 0 aromatic rings. The number of thiol groups is 2. The van der Waals surface area contributed by atoms with E-state index in [1.165, 1.54) is 0 Å². The first-order chi connectivity index (χ1) is 6.28. The van der Waals surface area contributed by atoms with Gasteiger partial charge in [0.15, 0.2) is 0 Å². The first kappa shape index (κ1) is 13.6. The van der Waals surface area contributed by atoms with Gasteiger partial charge in [-0.3, -0.25) is 0 Å². The van der Waals surface area contributed by atoms with Gasteiger partial charge >= 0.3 is 0 Å². The van der Waals surface area contributed by atoms with Crippen LogP contribution in [0.1, 0.15) is 0 Å². The normalized spacial score (nSPS) is 15.7. The van der Waals surface area contributed by atoms with E-state index in [-0.39, 0.29) is 0 Å². The van der Waals surface area contributed by atoms with Crippen LogP contribution >= 0.6 is 25.3 Å². The highest BCUT2D eigenvalue weighted by Crippen LogP contribution is 1.89. The molecule has 5 heteroatoms. The Kier molecular flexibility index (Phi) is 9.56. The largest absolute Gasteiger partial charge is 0.318 e. The molecule has 13 heavy (non-hydrogen) atoms. The molecule has 0 aliphatic carbocycles. The topological polar surface area (TPSA) is 36.1 Å². The first-order valence-corrected chi connectivity index (χ1v) is 5.81. The highest BCUT2D eigenvalue weighted by atomic mass is 32.1. The lowest BCUT2D eigenvalue weighted by Gasteiger charge is -2.20. The zero-order valence-electron chi connectivity index (χ0n) is 8.38. The summed E-state index contributed by atoms with van der Waals surface area (Å²) in [5.41, 5.74) is 0. The number of hydrogen-bond donors (Lipinski definition) is 5. The van der Waals surface area contributed by atoms with Gasteiger partial charge in [0.2, 0.25) is 0 Å². The summed E-state index contributed by atoms with van der Waals surface area (Å²) in [5.74, 6) is 1.70. The van der Waals surface area contributed by atoms with Crippen LogP contribution in [0.4, 0.5) is 0 Å². The van der Waals surface area contributed by atoms with Gasteiger partial charge in [-0.05, 0) is 14.1 Å². The zero-order chi connectivity index (χ0) is 10.1. The van der Waals surface area contributed by atoms with E-state index in [4.69, 9.17) is 0 Å². The highest BCUT2D eigenvalue weighted by Gasteiger charge is 2.07. The van der Waals surface area contributed by atoms with Crippen LogP contribution in [0, 0.1) is 0 Å². The molecule has 80 valence electrons. The van der Waals surface area contributed by atoms with Gasteiger partial charge < -0.3 is 16.0 Å². The predicted molar refractivity (Wildman–Crippen MR) is 66.3 cm³/mol. The predicted octanol–water partition coefficient (Wildman–Crippen LogP) is -0.388. The SMILES string of the molecule is CNC[C@@H](CS)NC[C@@H](CS)NC. The van der Waals surface area contributed by atoms with Crippen molar-refractivity contribution in [3.05, 3.63) is 0 Å². The van der Waals surface area contributed by atoms with Crippen molar-refractivity contribution in [2.24, 2.45) is 0 Å². The Balaban J connectivity index is 3.56. The van der Waals surface area contributed by atoms with Gasteiger partial charge in [-0.2, -0.15) is 25.3 Å². The standard InChI is InChI=1S/C8H21N3S2/c1-9-3-8(6-13)11-4-7(5-12)10-2/h7-13H,3-6H2,1-2H3/t7-,8-/m0/s1. The minimum atomic E-state index is 0.433. The Morgan fingerprint density at radius 1 is 1.00 bits per heavy atom. The van der Waals surface area contributed by atoms with Crippen molar-refractivity contribution in [2.75, 3.05) is 38.7 Å². The second kappa shape index (κ2) is 9.15. The van der Waals surface area contributed by atoms with Gasteiger partial charge in [0.1, 0.15) is 0 Å². The average molecular weight is 223 g/mol. The Morgan fingerprint density at radius 3 is 2.00 bits per heavy atom. The third-order valence-electron chi connectivity index (χ3n) is 1.95. The second-order valence-corrected chi connectivity index (χ2v) is 3.74. The molecule has 0 aromatic heterocycles. The lowest BCUT2D eigenvalue weighted by atomic mass is 10.3. The average Bonchev–Trinajstić information content (AvgIpc) is 2.17. The summed E-state index contributed by atoms with van der Waals surface area (Å²) < 4.78 is 0. The van der Waals surface area contributed by atoms with Crippen molar-refractivity contribution in [3.8, 4) is 0 Å². The summed E-state index contributed by atoms with van der Waals surface area (Å²) in [4.78, 5) is 0. The van der Waals surface area contributed by atoms with Crippen molar-refractivity contribution in [2.45, 2.75) is 12.1 Å². The van der Waals surface area contributed by atoms with Gasteiger partial charge in [-0.1, -0.05) is 0 Å². The third kappa shape index (κ3) is 6.62. The minimum absolute atomic E-state index is 0.433. The molecule has 3 N–H and O–H groups in total. The summed E-state index contributed by atoms with van der Waals surface area (Å²) >= 11 is 8.51. The molecule has 0 amide bonds. The third-order valence-corrected chi connectivity index (χ3v) is 2.83. The van der Waals surface area contributed by atoms with E-state index >= 15 is 0 Å². The summed E-state index contributed by atoms with van der Waals surface area (Å²) in [6.45, 7) is 1.89. The van der Waals surface area contributed by atoms with E-state index < -0.39 is 0 Å². The van der Waals surface area contributed by atoms with Crippen LogP contribution < -0.4 is 16.0 Å². The van der Waals surface area contributed by atoms with Gasteiger partial charge in [-0.15, -0.1) is 0 Å². The molecule has 0 aromatic carbocycles. The molecule has 0 heterocycles. The van der Waals surface area contributed by atoms with E-state index in [1.807, 2.05) is 14.1 Å². The zero-order valence-corrected chi connectivity index (χ0v) is 10.2. The van der Waals surface area contributed by atoms with Crippen LogP contribution in [-0.2, 0) is 0 Å². The van der Waals surface area contributed by atoms with Gasteiger partial charge in [-0.25, -0.2) is 0 Å². The molecule has 0 saturated carbocycles. The monoisotopic (exact) mass is 223 g/mol. The molecule has 0 radical (unpaired) electrons. The maximum absolute atomic E-state index is 4.27. The van der Waals surface area contributed by atoms with Gasteiger partial charge in [0.25, 0.3) is 0 Å². The molecule has 0 fully saturated rings.